The summed E-state index contributed by atoms with van der Waals surface area (Å²) in [7, 11) is 0. The molecule has 6 heteroatoms. The van der Waals surface area contributed by atoms with Crippen molar-refractivity contribution in [3.8, 4) is 0 Å². The lowest BCUT2D eigenvalue weighted by molar-refractivity contribution is -0.200. The zero-order chi connectivity index (χ0) is 13.4. The van der Waals surface area contributed by atoms with Crippen LogP contribution in [0.4, 0.5) is 0 Å². The topological polar surface area (TPSA) is 76.0 Å². The van der Waals surface area contributed by atoms with Crippen LogP contribution in [0.25, 0.3) is 0 Å². The molecule has 17 heavy (non-hydrogen) atoms. The van der Waals surface area contributed by atoms with E-state index < -0.39 is 23.4 Å². The molecule has 3 N–H and O–H groups in total. The number of nitrogens with zero attached hydrogens (tertiary/aromatic N) is 2. The van der Waals surface area contributed by atoms with E-state index in [2.05, 4.69) is 5.43 Å². The molecule has 1 rings (SSSR count). The van der Waals surface area contributed by atoms with Crippen molar-refractivity contribution in [3.63, 3.8) is 0 Å². The molecule has 1 aliphatic heterocycles. The number of carbonyl (C=O) groups excluding carboxylic acids is 1. The van der Waals surface area contributed by atoms with Crippen molar-refractivity contribution in [1.82, 2.24) is 15.3 Å². The van der Waals surface area contributed by atoms with Gasteiger partial charge in [-0.25, -0.2) is 5.43 Å². The maximum Gasteiger partial charge on any atom is 0.300 e. The number of hydrogen-bond donors (Lipinski definition) is 3. The van der Waals surface area contributed by atoms with E-state index in [-0.39, 0.29) is 0 Å². The summed E-state index contributed by atoms with van der Waals surface area (Å²) in [4.78, 5) is 13.8. The van der Waals surface area contributed by atoms with Gasteiger partial charge in [-0.05, 0) is 33.9 Å². The smallest absolute Gasteiger partial charge is 0.300 e. The van der Waals surface area contributed by atoms with Crippen molar-refractivity contribution in [2.75, 3.05) is 13.1 Å². The molecule has 0 aromatic heterocycles. The third-order valence-electron chi connectivity index (χ3n) is 3.00. The molecule has 1 aliphatic rings. The minimum absolute atomic E-state index is 0.504. The number of rotatable bonds is 3. The van der Waals surface area contributed by atoms with E-state index in [9.17, 15) is 15.0 Å². The van der Waals surface area contributed by atoms with Crippen LogP contribution in [0.5, 0.6) is 0 Å². The first kappa shape index (κ1) is 14.4. The molecule has 1 fully saturated rings. The fraction of sp³-hybridized carbons (Fsp3) is 0.909. The van der Waals surface area contributed by atoms with Gasteiger partial charge in [0, 0.05) is 0 Å². The fourth-order valence-corrected chi connectivity index (χ4v) is 1.98. The van der Waals surface area contributed by atoms with Gasteiger partial charge in [0.2, 0.25) is 0 Å². The normalized spacial score (nSPS) is 24.8. The summed E-state index contributed by atoms with van der Waals surface area (Å²) in [5.74, 6) is -3.08. The summed E-state index contributed by atoms with van der Waals surface area (Å²) in [5.41, 5.74) is 2.38. The van der Waals surface area contributed by atoms with E-state index >= 15 is 0 Å². The van der Waals surface area contributed by atoms with Crippen LogP contribution in [0.2, 0.25) is 0 Å². The summed E-state index contributed by atoms with van der Waals surface area (Å²) >= 11 is 0. The van der Waals surface area contributed by atoms with Gasteiger partial charge in [0.25, 0.3) is 11.7 Å². The SMILES string of the molecule is CCN(CC)C1NN(C(C)(C)C)C(=O)C1(O)O. The number of carbonyl (C=O) groups is 1. The van der Waals surface area contributed by atoms with Gasteiger partial charge in [-0.2, -0.15) is 0 Å². The van der Waals surface area contributed by atoms with Gasteiger partial charge in [-0.3, -0.25) is 14.7 Å². The first-order valence-corrected chi connectivity index (χ1v) is 5.95. The molecule has 1 saturated heterocycles. The lowest BCUT2D eigenvalue weighted by Gasteiger charge is -2.33. The molecule has 1 atom stereocenters. The summed E-state index contributed by atoms with van der Waals surface area (Å²) in [6, 6.07) is 0. The first-order valence-electron chi connectivity index (χ1n) is 5.95. The second-order valence-electron chi connectivity index (χ2n) is 5.29. The molecule has 0 radical (unpaired) electrons. The zero-order valence-electron chi connectivity index (χ0n) is 11.2. The van der Waals surface area contributed by atoms with Crippen molar-refractivity contribution in [1.29, 1.82) is 0 Å². The molecule has 1 unspecified atom stereocenters. The Labute approximate surface area is 102 Å². The molecular weight excluding hydrogens is 222 g/mol. The average Bonchev–Trinajstić information content (AvgIpc) is 2.43. The molecule has 1 amide bonds. The second kappa shape index (κ2) is 4.53. The lowest BCUT2D eigenvalue weighted by Crippen LogP contribution is -2.56. The van der Waals surface area contributed by atoms with Gasteiger partial charge in [-0.1, -0.05) is 13.8 Å². The van der Waals surface area contributed by atoms with Crippen LogP contribution < -0.4 is 5.43 Å². The van der Waals surface area contributed by atoms with Gasteiger partial charge >= 0.3 is 0 Å². The van der Waals surface area contributed by atoms with Gasteiger partial charge in [-0.15, -0.1) is 0 Å². The lowest BCUT2D eigenvalue weighted by atomic mass is 10.1. The van der Waals surface area contributed by atoms with Gasteiger partial charge in [0.15, 0.2) is 0 Å². The molecule has 100 valence electrons. The van der Waals surface area contributed by atoms with Crippen molar-refractivity contribution >= 4 is 5.91 Å². The van der Waals surface area contributed by atoms with E-state index in [4.69, 9.17) is 0 Å². The predicted molar refractivity (Wildman–Crippen MR) is 63.6 cm³/mol. The molecule has 6 nitrogen and oxygen atoms in total. The number of hydrazine groups is 1. The van der Waals surface area contributed by atoms with Gasteiger partial charge in [0.05, 0.1) is 5.54 Å². The van der Waals surface area contributed by atoms with Crippen molar-refractivity contribution in [2.45, 2.75) is 52.1 Å². The highest BCUT2D eigenvalue weighted by molar-refractivity contribution is 5.86. The van der Waals surface area contributed by atoms with E-state index in [1.165, 1.54) is 5.01 Å². The van der Waals surface area contributed by atoms with Crippen LogP contribution in [0.1, 0.15) is 34.6 Å². The molecule has 0 aromatic carbocycles. The Morgan fingerprint density at radius 3 is 2.12 bits per heavy atom. The molecule has 0 aromatic rings. The standard InChI is InChI=1S/C11H23N3O3/c1-6-13(7-2)8-11(16,17)9(15)14(12-8)10(3,4)5/h8,12,16-17H,6-7H2,1-5H3. The summed E-state index contributed by atoms with van der Waals surface area (Å²) in [6.07, 6.45) is -0.802. The number of amides is 1. The Morgan fingerprint density at radius 1 is 1.35 bits per heavy atom. The summed E-state index contributed by atoms with van der Waals surface area (Å²) in [6.45, 7) is 10.6. The van der Waals surface area contributed by atoms with Crippen LogP contribution >= 0.6 is 0 Å². The molecular formula is C11H23N3O3. The number of nitrogens with one attached hydrogen (secondary N) is 1. The van der Waals surface area contributed by atoms with Crippen LogP contribution in [-0.2, 0) is 4.79 Å². The Bertz CT molecular complexity index is 295. The Kier molecular flexibility index (Phi) is 3.83. The second-order valence-corrected chi connectivity index (χ2v) is 5.29. The van der Waals surface area contributed by atoms with Crippen LogP contribution in [-0.4, -0.2) is 56.6 Å². The highest BCUT2D eigenvalue weighted by Gasteiger charge is 2.56. The van der Waals surface area contributed by atoms with Crippen molar-refractivity contribution < 1.29 is 15.0 Å². The van der Waals surface area contributed by atoms with Gasteiger partial charge in [0.1, 0.15) is 6.17 Å². The summed E-state index contributed by atoms with van der Waals surface area (Å²) in [5, 5.41) is 21.2. The minimum atomic E-state index is -2.38. The number of hydrogen-bond acceptors (Lipinski definition) is 5. The molecule has 0 spiro atoms. The molecule has 0 saturated carbocycles. The maximum atomic E-state index is 12.0. The van der Waals surface area contributed by atoms with Crippen LogP contribution in [0.15, 0.2) is 0 Å². The molecule has 0 bridgehead atoms. The van der Waals surface area contributed by atoms with E-state index in [0.717, 1.165) is 0 Å². The third kappa shape index (κ3) is 2.44. The molecule has 0 aliphatic carbocycles. The zero-order valence-corrected chi connectivity index (χ0v) is 11.2. The van der Waals surface area contributed by atoms with Crippen LogP contribution in [0.3, 0.4) is 0 Å². The Morgan fingerprint density at radius 2 is 1.82 bits per heavy atom. The molecule has 1 heterocycles. The number of aliphatic hydroxyl groups is 2. The predicted octanol–water partition coefficient (Wildman–Crippen LogP) is -0.519. The Hall–Kier alpha value is -0.690. The average molecular weight is 245 g/mol. The van der Waals surface area contributed by atoms with Gasteiger partial charge < -0.3 is 10.2 Å². The highest BCUT2D eigenvalue weighted by atomic mass is 16.5. The van der Waals surface area contributed by atoms with Crippen molar-refractivity contribution in [3.05, 3.63) is 0 Å². The Balaban J connectivity index is 3.00. The quantitative estimate of drug-likeness (QED) is 0.583. The highest BCUT2D eigenvalue weighted by Crippen LogP contribution is 2.26. The first-order chi connectivity index (χ1) is 7.66. The van der Waals surface area contributed by atoms with E-state index in [0.29, 0.717) is 13.1 Å². The van der Waals surface area contributed by atoms with Crippen LogP contribution in [0, 0.1) is 0 Å². The maximum absolute atomic E-state index is 12.0. The largest absolute Gasteiger partial charge is 0.356 e. The monoisotopic (exact) mass is 245 g/mol. The van der Waals surface area contributed by atoms with Crippen molar-refractivity contribution in [2.24, 2.45) is 0 Å². The third-order valence-corrected chi connectivity index (χ3v) is 3.00. The number of likely N-dealkylation sites (N-methyl/N-ethyl adjacent to an activating group) is 1. The summed E-state index contributed by atoms with van der Waals surface area (Å²) < 4.78 is 0. The van der Waals surface area contributed by atoms with E-state index in [1.807, 2.05) is 34.6 Å². The fourth-order valence-electron chi connectivity index (χ4n) is 1.98. The minimum Gasteiger partial charge on any atom is -0.356 e. The van der Waals surface area contributed by atoms with E-state index in [1.54, 1.807) is 4.90 Å².